The van der Waals surface area contributed by atoms with Gasteiger partial charge < -0.3 is 15.4 Å². The predicted octanol–water partition coefficient (Wildman–Crippen LogP) is 4.83. The molecule has 0 radical (unpaired) electrons. The Morgan fingerprint density at radius 3 is 2.60 bits per heavy atom. The highest BCUT2D eigenvalue weighted by atomic mass is 32.1. The molecule has 0 spiro atoms. The zero-order chi connectivity index (χ0) is 17.8. The summed E-state index contributed by atoms with van der Waals surface area (Å²) in [5.41, 5.74) is 4.69. The topological polar surface area (TPSA) is 63.2 Å². The first-order valence-electron chi connectivity index (χ1n) is 7.80. The van der Waals surface area contributed by atoms with Crippen molar-refractivity contribution in [2.75, 3.05) is 17.7 Å². The van der Waals surface area contributed by atoms with Crippen LogP contribution in [0.25, 0.3) is 11.3 Å². The van der Waals surface area contributed by atoms with Crippen LogP contribution < -0.4 is 15.4 Å². The molecule has 3 aromatic rings. The summed E-state index contributed by atoms with van der Waals surface area (Å²) in [4.78, 5) is 15.7. The minimum absolute atomic E-state index is 0.0833. The van der Waals surface area contributed by atoms with E-state index in [1.807, 2.05) is 54.8 Å². The van der Waals surface area contributed by atoms with Crippen molar-refractivity contribution in [3.05, 3.63) is 53.4 Å². The number of carbonyl (C=O) groups is 1. The smallest absolute Gasteiger partial charge is 0.221 e. The Hall–Kier alpha value is -2.86. The molecule has 128 valence electrons. The van der Waals surface area contributed by atoms with Crippen LogP contribution in [-0.2, 0) is 4.79 Å². The van der Waals surface area contributed by atoms with E-state index in [0.717, 1.165) is 39.1 Å². The molecule has 6 heteroatoms. The van der Waals surface area contributed by atoms with Gasteiger partial charge in [0.2, 0.25) is 5.91 Å². The standard InChI is InChI=1S/C19H19N3O2S/c1-12-4-9-18(24-3)16(10-12)21-19-22-17(11-25-19)14-5-7-15(8-6-14)20-13(2)23/h4-11H,1-3H3,(H,20,23)(H,21,22). The summed E-state index contributed by atoms with van der Waals surface area (Å²) in [7, 11) is 1.65. The van der Waals surface area contributed by atoms with Gasteiger partial charge in [-0.15, -0.1) is 11.3 Å². The fraction of sp³-hybridized carbons (Fsp3) is 0.158. The van der Waals surface area contributed by atoms with Crippen molar-refractivity contribution in [2.24, 2.45) is 0 Å². The second-order valence-electron chi connectivity index (χ2n) is 5.63. The number of amides is 1. The fourth-order valence-electron chi connectivity index (χ4n) is 2.43. The number of hydrogen-bond acceptors (Lipinski definition) is 5. The highest BCUT2D eigenvalue weighted by molar-refractivity contribution is 7.14. The van der Waals surface area contributed by atoms with E-state index in [-0.39, 0.29) is 5.91 Å². The number of rotatable bonds is 5. The molecule has 5 nitrogen and oxygen atoms in total. The number of anilines is 3. The van der Waals surface area contributed by atoms with Crippen LogP contribution in [0.5, 0.6) is 5.75 Å². The number of thiazole rings is 1. The predicted molar refractivity (Wildman–Crippen MR) is 103 cm³/mol. The third-order valence-corrected chi connectivity index (χ3v) is 4.36. The number of benzene rings is 2. The Kier molecular flexibility index (Phi) is 5.00. The van der Waals surface area contributed by atoms with E-state index in [0.29, 0.717) is 0 Å². The first-order chi connectivity index (χ1) is 12.0. The maximum atomic E-state index is 11.1. The van der Waals surface area contributed by atoms with Gasteiger partial charge in [-0.05, 0) is 36.8 Å². The first-order valence-corrected chi connectivity index (χ1v) is 8.68. The van der Waals surface area contributed by atoms with Gasteiger partial charge in [0.15, 0.2) is 5.13 Å². The van der Waals surface area contributed by atoms with Gasteiger partial charge in [0.25, 0.3) is 0 Å². The van der Waals surface area contributed by atoms with E-state index >= 15 is 0 Å². The van der Waals surface area contributed by atoms with Crippen LogP contribution >= 0.6 is 11.3 Å². The minimum atomic E-state index is -0.0833. The van der Waals surface area contributed by atoms with E-state index in [1.165, 1.54) is 18.3 Å². The van der Waals surface area contributed by atoms with Gasteiger partial charge in [-0.2, -0.15) is 0 Å². The van der Waals surface area contributed by atoms with Crippen molar-refractivity contribution in [3.63, 3.8) is 0 Å². The Morgan fingerprint density at radius 1 is 1.16 bits per heavy atom. The van der Waals surface area contributed by atoms with Crippen LogP contribution in [0.15, 0.2) is 47.8 Å². The van der Waals surface area contributed by atoms with Crippen molar-refractivity contribution in [2.45, 2.75) is 13.8 Å². The summed E-state index contributed by atoms with van der Waals surface area (Å²) in [6, 6.07) is 13.6. The van der Waals surface area contributed by atoms with Crippen molar-refractivity contribution in [1.29, 1.82) is 0 Å². The average molecular weight is 353 g/mol. The van der Waals surface area contributed by atoms with E-state index < -0.39 is 0 Å². The molecule has 3 rings (SSSR count). The van der Waals surface area contributed by atoms with Crippen LogP contribution in [0, 0.1) is 6.92 Å². The summed E-state index contributed by atoms with van der Waals surface area (Å²) in [5.74, 6) is 0.696. The fourth-order valence-corrected chi connectivity index (χ4v) is 3.16. The van der Waals surface area contributed by atoms with E-state index in [9.17, 15) is 4.79 Å². The van der Waals surface area contributed by atoms with Gasteiger partial charge in [0.1, 0.15) is 5.75 Å². The number of nitrogens with zero attached hydrogens (tertiary/aromatic N) is 1. The molecule has 1 aromatic heterocycles. The zero-order valence-corrected chi connectivity index (χ0v) is 15.1. The molecule has 1 amide bonds. The quantitative estimate of drug-likeness (QED) is 0.690. The number of hydrogen-bond donors (Lipinski definition) is 2. The highest BCUT2D eigenvalue weighted by Crippen LogP contribution is 2.32. The molecule has 0 saturated carbocycles. The summed E-state index contributed by atoms with van der Waals surface area (Å²) in [6.45, 7) is 3.53. The normalized spacial score (nSPS) is 10.4. The second kappa shape index (κ2) is 7.36. The average Bonchev–Trinajstić information content (AvgIpc) is 3.04. The molecule has 2 N–H and O–H groups in total. The first kappa shape index (κ1) is 17.0. The van der Waals surface area contributed by atoms with E-state index in [4.69, 9.17) is 4.74 Å². The van der Waals surface area contributed by atoms with Crippen LogP contribution in [0.1, 0.15) is 12.5 Å². The number of aryl methyl sites for hydroxylation is 1. The Morgan fingerprint density at radius 2 is 1.92 bits per heavy atom. The summed E-state index contributed by atoms with van der Waals surface area (Å²) < 4.78 is 5.39. The number of carbonyl (C=O) groups excluding carboxylic acids is 1. The minimum Gasteiger partial charge on any atom is -0.495 e. The largest absolute Gasteiger partial charge is 0.495 e. The summed E-state index contributed by atoms with van der Waals surface area (Å²) in [5, 5.41) is 8.87. The molecular weight excluding hydrogens is 334 g/mol. The van der Waals surface area contributed by atoms with Crippen molar-refractivity contribution < 1.29 is 9.53 Å². The maximum Gasteiger partial charge on any atom is 0.221 e. The lowest BCUT2D eigenvalue weighted by Gasteiger charge is -2.09. The van der Waals surface area contributed by atoms with Crippen LogP contribution in [0.4, 0.5) is 16.5 Å². The van der Waals surface area contributed by atoms with Gasteiger partial charge in [-0.1, -0.05) is 18.2 Å². The SMILES string of the molecule is COc1ccc(C)cc1Nc1nc(-c2ccc(NC(C)=O)cc2)cs1. The molecule has 0 aliphatic carbocycles. The van der Waals surface area contributed by atoms with Crippen molar-refractivity contribution >= 4 is 33.8 Å². The molecule has 25 heavy (non-hydrogen) atoms. The Balaban J connectivity index is 1.78. The maximum absolute atomic E-state index is 11.1. The molecule has 1 heterocycles. The number of ether oxygens (including phenoxy) is 1. The molecule has 0 atom stereocenters. The molecule has 0 aliphatic heterocycles. The molecular formula is C19H19N3O2S. The van der Waals surface area contributed by atoms with Crippen LogP contribution in [0.3, 0.4) is 0 Å². The molecule has 0 unspecified atom stereocenters. The molecule has 2 aromatic carbocycles. The van der Waals surface area contributed by atoms with Gasteiger partial charge in [-0.3, -0.25) is 4.79 Å². The zero-order valence-electron chi connectivity index (χ0n) is 14.3. The molecule has 0 fully saturated rings. The lowest BCUT2D eigenvalue weighted by Crippen LogP contribution is -2.05. The number of nitrogens with one attached hydrogen (secondary N) is 2. The second-order valence-corrected chi connectivity index (χ2v) is 6.48. The monoisotopic (exact) mass is 353 g/mol. The van der Waals surface area contributed by atoms with Gasteiger partial charge >= 0.3 is 0 Å². The lowest BCUT2D eigenvalue weighted by molar-refractivity contribution is -0.114. The van der Waals surface area contributed by atoms with E-state index in [2.05, 4.69) is 15.6 Å². The van der Waals surface area contributed by atoms with Crippen molar-refractivity contribution in [3.8, 4) is 17.0 Å². The van der Waals surface area contributed by atoms with Gasteiger partial charge in [0.05, 0.1) is 18.5 Å². The number of methoxy groups -OCH3 is 1. The molecule has 0 saturated heterocycles. The molecule has 0 aliphatic rings. The Labute approximate surface area is 150 Å². The highest BCUT2D eigenvalue weighted by Gasteiger charge is 2.08. The van der Waals surface area contributed by atoms with Crippen LogP contribution in [0.2, 0.25) is 0 Å². The van der Waals surface area contributed by atoms with E-state index in [1.54, 1.807) is 7.11 Å². The molecule has 0 bridgehead atoms. The van der Waals surface area contributed by atoms with Gasteiger partial charge in [-0.25, -0.2) is 4.98 Å². The third-order valence-electron chi connectivity index (χ3n) is 3.60. The summed E-state index contributed by atoms with van der Waals surface area (Å²) in [6.07, 6.45) is 0. The number of aromatic nitrogens is 1. The lowest BCUT2D eigenvalue weighted by atomic mass is 10.1. The van der Waals surface area contributed by atoms with Crippen LogP contribution in [-0.4, -0.2) is 18.0 Å². The van der Waals surface area contributed by atoms with Gasteiger partial charge in [0, 0.05) is 23.6 Å². The Bertz CT molecular complexity index is 888. The van der Waals surface area contributed by atoms with Crippen molar-refractivity contribution in [1.82, 2.24) is 4.98 Å². The summed E-state index contributed by atoms with van der Waals surface area (Å²) >= 11 is 1.53. The third kappa shape index (κ3) is 4.16.